The lowest BCUT2D eigenvalue weighted by atomic mass is 9.92. The van der Waals surface area contributed by atoms with Crippen LogP contribution in [-0.2, 0) is 11.2 Å². The number of aryl methyl sites for hydroxylation is 1. The molecule has 128 valence electrons. The molecular weight excluding hydrogens is 308 g/mol. The third-order valence-electron chi connectivity index (χ3n) is 3.99. The first-order valence-corrected chi connectivity index (χ1v) is 7.66. The molecule has 0 saturated heterocycles. The number of carboxylic acid groups (broad SMARTS) is 1. The van der Waals surface area contributed by atoms with Crippen molar-refractivity contribution < 1.29 is 24.1 Å². The van der Waals surface area contributed by atoms with Crippen LogP contribution in [0.3, 0.4) is 0 Å². The zero-order chi connectivity index (χ0) is 17.5. The van der Waals surface area contributed by atoms with Gasteiger partial charge in [-0.25, -0.2) is 0 Å². The van der Waals surface area contributed by atoms with E-state index in [1.807, 2.05) is 24.3 Å². The van der Waals surface area contributed by atoms with E-state index in [4.69, 9.17) is 14.2 Å². The molecule has 0 aliphatic carbocycles. The average molecular weight is 330 g/mol. The fraction of sp³-hybridized carbons (Fsp3) is 0.316. The first kappa shape index (κ1) is 17.7. The van der Waals surface area contributed by atoms with Gasteiger partial charge >= 0.3 is 5.97 Å². The maximum Gasteiger partial charge on any atom is 0.310 e. The molecule has 1 unspecified atom stereocenters. The molecule has 0 bridgehead atoms. The molecule has 1 N–H and O–H groups in total. The number of aliphatic carboxylic acids is 1. The monoisotopic (exact) mass is 330 g/mol. The highest BCUT2D eigenvalue weighted by molar-refractivity contribution is 5.76. The van der Waals surface area contributed by atoms with Gasteiger partial charge in [-0.3, -0.25) is 4.79 Å². The second-order valence-corrected chi connectivity index (χ2v) is 5.39. The van der Waals surface area contributed by atoms with Gasteiger partial charge in [0.2, 0.25) is 0 Å². The van der Waals surface area contributed by atoms with Crippen LogP contribution in [0.5, 0.6) is 17.2 Å². The minimum absolute atomic E-state index is 0.497. The maximum atomic E-state index is 11.7. The highest BCUT2D eigenvalue weighted by Gasteiger charge is 2.21. The molecule has 0 aliphatic heterocycles. The second-order valence-electron chi connectivity index (χ2n) is 5.39. The van der Waals surface area contributed by atoms with Gasteiger partial charge in [-0.15, -0.1) is 0 Å². The summed E-state index contributed by atoms with van der Waals surface area (Å²) in [5.41, 5.74) is 1.77. The molecule has 0 radical (unpaired) electrons. The summed E-state index contributed by atoms with van der Waals surface area (Å²) >= 11 is 0. The van der Waals surface area contributed by atoms with Gasteiger partial charge in [0.05, 0.1) is 27.2 Å². The van der Waals surface area contributed by atoms with Gasteiger partial charge in [0.1, 0.15) is 5.75 Å². The number of hydrogen-bond acceptors (Lipinski definition) is 4. The maximum absolute atomic E-state index is 11.7. The van der Waals surface area contributed by atoms with Crippen molar-refractivity contribution in [2.24, 2.45) is 0 Å². The summed E-state index contributed by atoms with van der Waals surface area (Å²) in [5, 5.41) is 9.58. The molecule has 24 heavy (non-hydrogen) atoms. The van der Waals surface area contributed by atoms with E-state index in [1.54, 1.807) is 32.4 Å². The Morgan fingerprint density at radius 2 is 1.62 bits per heavy atom. The Hall–Kier alpha value is -2.69. The standard InChI is InChI=1S/C19H22O5/c1-22-15-8-4-13(5-9-15)6-10-16(19(20)21)14-7-11-17(23-2)18(12-14)24-3/h4-5,7-9,11-12,16H,6,10H2,1-3H3,(H,20,21). The van der Waals surface area contributed by atoms with Crippen LogP contribution in [0.1, 0.15) is 23.5 Å². The number of carboxylic acids is 1. The Labute approximate surface area is 141 Å². The van der Waals surface area contributed by atoms with Gasteiger partial charge in [0.25, 0.3) is 0 Å². The van der Waals surface area contributed by atoms with Crippen LogP contribution in [-0.4, -0.2) is 32.4 Å². The molecule has 1 atom stereocenters. The molecule has 0 aromatic heterocycles. The van der Waals surface area contributed by atoms with E-state index in [2.05, 4.69) is 0 Å². The number of methoxy groups -OCH3 is 3. The Morgan fingerprint density at radius 1 is 0.958 bits per heavy atom. The Kier molecular flexibility index (Phi) is 6.07. The van der Waals surface area contributed by atoms with Gasteiger partial charge in [-0.2, -0.15) is 0 Å². The molecule has 0 heterocycles. The lowest BCUT2D eigenvalue weighted by molar-refractivity contribution is -0.138. The molecule has 2 aromatic rings. The van der Waals surface area contributed by atoms with Crippen LogP contribution in [0.4, 0.5) is 0 Å². The van der Waals surface area contributed by atoms with Crippen molar-refractivity contribution in [3.8, 4) is 17.2 Å². The molecule has 0 amide bonds. The fourth-order valence-corrected chi connectivity index (χ4v) is 2.61. The van der Waals surface area contributed by atoms with E-state index in [-0.39, 0.29) is 0 Å². The normalized spacial score (nSPS) is 11.6. The van der Waals surface area contributed by atoms with Crippen molar-refractivity contribution in [1.82, 2.24) is 0 Å². The van der Waals surface area contributed by atoms with Crippen LogP contribution in [0.2, 0.25) is 0 Å². The molecule has 0 aliphatic rings. The molecular formula is C19H22O5. The predicted octanol–water partition coefficient (Wildman–Crippen LogP) is 3.51. The minimum atomic E-state index is -0.851. The second kappa shape index (κ2) is 8.24. The van der Waals surface area contributed by atoms with Gasteiger partial charge in [0.15, 0.2) is 11.5 Å². The minimum Gasteiger partial charge on any atom is -0.497 e. The van der Waals surface area contributed by atoms with E-state index < -0.39 is 11.9 Å². The molecule has 5 heteroatoms. The summed E-state index contributed by atoms with van der Waals surface area (Å²) in [7, 11) is 4.71. The Morgan fingerprint density at radius 3 is 2.17 bits per heavy atom. The molecule has 2 aromatic carbocycles. The number of rotatable bonds is 8. The lowest BCUT2D eigenvalue weighted by Gasteiger charge is -2.15. The van der Waals surface area contributed by atoms with Crippen molar-refractivity contribution >= 4 is 5.97 Å². The number of ether oxygens (including phenoxy) is 3. The van der Waals surface area contributed by atoms with E-state index in [0.29, 0.717) is 29.9 Å². The van der Waals surface area contributed by atoms with Crippen LogP contribution >= 0.6 is 0 Å². The van der Waals surface area contributed by atoms with Crippen molar-refractivity contribution in [3.05, 3.63) is 53.6 Å². The lowest BCUT2D eigenvalue weighted by Crippen LogP contribution is -2.13. The topological polar surface area (TPSA) is 65.0 Å². The Bertz CT molecular complexity index is 679. The summed E-state index contributed by atoms with van der Waals surface area (Å²) in [4.78, 5) is 11.7. The largest absolute Gasteiger partial charge is 0.497 e. The van der Waals surface area contributed by atoms with Crippen LogP contribution in [0.15, 0.2) is 42.5 Å². The smallest absolute Gasteiger partial charge is 0.310 e. The van der Waals surface area contributed by atoms with Crippen LogP contribution < -0.4 is 14.2 Å². The number of carbonyl (C=O) groups is 1. The van der Waals surface area contributed by atoms with Crippen molar-refractivity contribution in [2.45, 2.75) is 18.8 Å². The quantitative estimate of drug-likeness (QED) is 0.802. The van der Waals surface area contributed by atoms with Crippen molar-refractivity contribution in [2.75, 3.05) is 21.3 Å². The molecule has 5 nitrogen and oxygen atoms in total. The van der Waals surface area contributed by atoms with Gasteiger partial charge < -0.3 is 19.3 Å². The summed E-state index contributed by atoms with van der Waals surface area (Å²) in [6.07, 6.45) is 1.16. The van der Waals surface area contributed by atoms with Gasteiger partial charge in [-0.1, -0.05) is 18.2 Å². The van der Waals surface area contributed by atoms with E-state index in [0.717, 1.165) is 11.3 Å². The first-order valence-electron chi connectivity index (χ1n) is 7.66. The zero-order valence-electron chi connectivity index (χ0n) is 14.1. The van der Waals surface area contributed by atoms with Crippen LogP contribution in [0, 0.1) is 0 Å². The third kappa shape index (κ3) is 4.19. The van der Waals surface area contributed by atoms with Gasteiger partial charge in [0, 0.05) is 0 Å². The molecule has 2 rings (SSSR count). The molecule has 0 spiro atoms. The summed E-state index contributed by atoms with van der Waals surface area (Å²) in [5.74, 6) is 0.447. The highest BCUT2D eigenvalue weighted by atomic mass is 16.5. The average Bonchev–Trinajstić information content (AvgIpc) is 2.61. The summed E-state index contributed by atoms with van der Waals surface area (Å²) < 4.78 is 15.6. The molecule has 0 fully saturated rings. The Balaban J connectivity index is 2.15. The predicted molar refractivity (Wildman–Crippen MR) is 91.2 cm³/mol. The van der Waals surface area contributed by atoms with Crippen LogP contribution in [0.25, 0.3) is 0 Å². The fourth-order valence-electron chi connectivity index (χ4n) is 2.61. The van der Waals surface area contributed by atoms with Gasteiger partial charge in [-0.05, 0) is 48.2 Å². The van der Waals surface area contributed by atoms with E-state index >= 15 is 0 Å². The van der Waals surface area contributed by atoms with E-state index in [1.165, 1.54) is 7.11 Å². The van der Waals surface area contributed by atoms with Crippen molar-refractivity contribution in [1.29, 1.82) is 0 Å². The SMILES string of the molecule is COc1ccc(CCC(C(=O)O)c2ccc(OC)c(OC)c2)cc1. The number of benzene rings is 2. The molecule has 0 saturated carbocycles. The highest BCUT2D eigenvalue weighted by Crippen LogP contribution is 2.32. The summed E-state index contributed by atoms with van der Waals surface area (Å²) in [6.45, 7) is 0. The third-order valence-corrected chi connectivity index (χ3v) is 3.99. The first-order chi connectivity index (χ1) is 11.6. The van der Waals surface area contributed by atoms with E-state index in [9.17, 15) is 9.90 Å². The number of hydrogen-bond donors (Lipinski definition) is 1. The zero-order valence-corrected chi connectivity index (χ0v) is 14.1. The summed E-state index contributed by atoms with van der Waals surface area (Å²) in [6, 6.07) is 12.9. The van der Waals surface area contributed by atoms with Crippen molar-refractivity contribution in [3.63, 3.8) is 0 Å².